The maximum Gasteiger partial charge on any atom is 2.00 e. The van der Waals surface area contributed by atoms with Gasteiger partial charge in [-0.15, -0.1) is 0 Å². The van der Waals surface area contributed by atoms with Crippen LogP contribution in [0.2, 0.25) is 0 Å². The van der Waals surface area contributed by atoms with Gasteiger partial charge in [0.15, 0.2) is 0 Å². The summed E-state index contributed by atoms with van der Waals surface area (Å²) >= 11 is 0. The predicted octanol–water partition coefficient (Wildman–Crippen LogP) is 7.01. The summed E-state index contributed by atoms with van der Waals surface area (Å²) in [5.74, 6) is 0.624. The van der Waals surface area contributed by atoms with Gasteiger partial charge in [0, 0.05) is 0 Å². The van der Waals surface area contributed by atoms with Crippen LogP contribution in [0.3, 0.4) is 0 Å². The summed E-state index contributed by atoms with van der Waals surface area (Å²) in [5.41, 5.74) is 0. The molecule has 11 heteroatoms. The van der Waals surface area contributed by atoms with Gasteiger partial charge in [0.05, 0.1) is 26.4 Å². The third kappa shape index (κ3) is 27.6. The Morgan fingerprint density at radius 2 is 0.886 bits per heavy atom. The van der Waals surface area contributed by atoms with Crippen LogP contribution >= 0.6 is 15.6 Å². The fourth-order valence-electron chi connectivity index (χ4n) is 2.91. The van der Waals surface area contributed by atoms with E-state index in [0.29, 0.717) is 11.8 Å². The van der Waals surface area contributed by atoms with Gasteiger partial charge >= 0.3 is 17.1 Å². The van der Waals surface area contributed by atoms with Crippen molar-refractivity contribution in [1.29, 1.82) is 0 Å². The van der Waals surface area contributed by atoms with Crippen molar-refractivity contribution in [3.8, 4) is 0 Å². The van der Waals surface area contributed by atoms with E-state index in [1.807, 2.05) is 13.8 Å². The second-order valence-corrected chi connectivity index (χ2v) is 11.5. The molecule has 0 saturated heterocycles. The van der Waals surface area contributed by atoms with E-state index in [4.69, 9.17) is 18.1 Å². The Hall–Kier alpha value is 0.739. The minimum atomic E-state index is -4.07. The summed E-state index contributed by atoms with van der Waals surface area (Å²) < 4.78 is 42.1. The van der Waals surface area contributed by atoms with Crippen molar-refractivity contribution < 1.29 is 54.1 Å². The Labute approximate surface area is 226 Å². The van der Waals surface area contributed by atoms with Gasteiger partial charge in [-0.05, 0) is 37.5 Å². The van der Waals surface area contributed by atoms with E-state index in [1.54, 1.807) is 0 Å². The van der Waals surface area contributed by atoms with E-state index in [0.717, 1.165) is 77.0 Å². The van der Waals surface area contributed by atoms with Crippen molar-refractivity contribution in [2.24, 2.45) is 11.8 Å². The van der Waals surface area contributed by atoms with Crippen LogP contribution in [-0.4, -0.2) is 26.4 Å². The van der Waals surface area contributed by atoms with Gasteiger partial charge in [0.2, 0.25) is 0 Å². The van der Waals surface area contributed by atoms with Crippen molar-refractivity contribution >= 4 is 15.6 Å². The summed E-state index contributed by atoms with van der Waals surface area (Å²) in [5, 5.41) is 0. The average molecular weight is 586 g/mol. The van der Waals surface area contributed by atoms with Gasteiger partial charge in [0.25, 0.3) is 15.6 Å². The van der Waals surface area contributed by atoms with Crippen LogP contribution in [0.15, 0.2) is 0 Å². The maximum absolute atomic E-state index is 11.4. The van der Waals surface area contributed by atoms with Crippen LogP contribution < -0.4 is 9.79 Å². The summed E-state index contributed by atoms with van der Waals surface area (Å²) in [6, 6.07) is 0. The second kappa shape index (κ2) is 26.4. The van der Waals surface area contributed by atoms with Gasteiger partial charge in [-0.1, -0.05) is 92.9 Å². The number of hydrogen-bond acceptors (Lipinski definition) is 8. The predicted molar refractivity (Wildman–Crippen MR) is 135 cm³/mol. The zero-order valence-corrected chi connectivity index (χ0v) is 25.9. The zero-order valence-electron chi connectivity index (χ0n) is 23.0. The molecule has 0 saturated carbocycles. The molecule has 4 atom stereocenters. The molecule has 0 aliphatic rings. The third-order valence-corrected chi connectivity index (χ3v) is 7.45. The van der Waals surface area contributed by atoms with Crippen LogP contribution in [0.5, 0.6) is 0 Å². The molecule has 0 rings (SSSR count). The van der Waals surface area contributed by atoms with Gasteiger partial charge in [0.1, 0.15) is 0 Å². The van der Waals surface area contributed by atoms with Crippen LogP contribution in [0.25, 0.3) is 0 Å². The number of phosphoric ester groups is 2. The van der Waals surface area contributed by atoms with E-state index in [-0.39, 0.29) is 43.5 Å². The monoisotopic (exact) mass is 586 g/mol. The van der Waals surface area contributed by atoms with E-state index in [2.05, 4.69) is 27.7 Å². The van der Waals surface area contributed by atoms with Gasteiger partial charge < -0.3 is 27.9 Å². The molecule has 0 amide bonds. The molecule has 0 bridgehead atoms. The summed E-state index contributed by atoms with van der Waals surface area (Å²) in [6.07, 6.45) is 11.7. The molecular weight excluding hydrogens is 534 g/mol. The van der Waals surface area contributed by atoms with Crippen molar-refractivity contribution in [2.75, 3.05) is 26.4 Å². The van der Waals surface area contributed by atoms with Crippen LogP contribution in [0.4, 0.5) is 0 Å². The van der Waals surface area contributed by atoms with Crippen molar-refractivity contribution in [2.45, 2.75) is 119 Å². The molecule has 0 aliphatic heterocycles. The molecular formula is C24H52FeO8P2. The van der Waals surface area contributed by atoms with Gasteiger partial charge in [-0.3, -0.25) is 9.13 Å². The molecule has 214 valence electrons. The number of rotatable bonds is 22. The van der Waals surface area contributed by atoms with Crippen LogP contribution in [0.1, 0.15) is 119 Å². The SMILES string of the molecule is CCCCOP(=O)([O-])OCC(CC)CCCC.CCCCOP(=O)([O-])OCC(CC)CCCC.[Fe+2]. The molecule has 35 heavy (non-hydrogen) atoms. The standard InChI is InChI=1S/2C12H27O4P.Fe/c2*1-4-7-9-12(6-3)11-16-17(13,14)15-10-8-5-2;/h2*12H,4-11H2,1-3H3,(H,13,14);/q;;+2/p-2. The van der Waals surface area contributed by atoms with Crippen molar-refractivity contribution in [3.63, 3.8) is 0 Å². The molecule has 0 fully saturated rings. The molecule has 0 aromatic rings. The first kappa shape index (κ1) is 40.2. The molecule has 0 radical (unpaired) electrons. The Kier molecular flexibility index (Phi) is 30.3. The maximum atomic E-state index is 11.4. The Morgan fingerprint density at radius 3 is 1.14 bits per heavy atom. The van der Waals surface area contributed by atoms with E-state index >= 15 is 0 Å². The Balaban J connectivity index is -0.000000569. The molecule has 0 aromatic heterocycles. The summed E-state index contributed by atoms with van der Waals surface area (Å²) in [4.78, 5) is 22.8. The molecule has 8 nitrogen and oxygen atoms in total. The van der Waals surface area contributed by atoms with Crippen LogP contribution in [-0.2, 0) is 44.3 Å². The Morgan fingerprint density at radius 1 is 0.571 bits per heavy atom. The molecule has 0 aliphatic carbocycles. The zero-order chi connectivity index (χ0) is 26.3. The quantitative estimate of drug-likeness (QED) is 0.0756. The number of phosphoric acid groups is 2. The largest absolute Gasteiger partial charge is 2.00 e. The van der Waals surface area contributed by atoms with Gasteiger partial charge in [-0.2, -0.15) is 0 Å². The molecule has 0 spiro atoms. The molecule has 0 N–H and O–H groups in total. The Bertz CT molecular complexity index is 494. The molecule has 0 heterocycles. The number of unbranched alkanes of at least 4 members (excludes halogenated alkanes) is 4. The third-order valence-electron chi connectivity index (χ3n) is 5.52. The first-order valence-corrected chi connectivity index (χ1v) is 16.2. The summed E-state index contributed by atoms with van der Waals surface area (Å²) in [6.45, 7) is 13.3. The second-order valence-electron chi connectivity index (χ2n) is 8.69. The molecule has 0 aromatic carbocycles. The molecule has 4 unspecified atom stereocenters. The number of hydrogen-bond donors (Lipinski definition) is 0. The first-order chi connectivity index (χ1) is 16.1. The fourth-order valence-corrected chi connectivity index (χ4v) is 4.55. The minimum Gasteiger partial charge on any atom is -0.756 e. The topological polar surface area (TPSA) is 117 Å². The fraction of sp³-hybridized carbons (Fsp3) is 1.00. The van der Waals surface area contributed by atoms with E-state index in [1.165, 1.54) is 0 Å². The van der Waals surface area contributed by atoms with Gasteiger partial charge in [-0.25, -0.2) is 0 Å². The van der Waals surface area contributed by atoms with Crippen molar-refractivity contribution in [3.05, 3.63) is 0 Å². The normalized spacial score (nSPS) is 16.2. The van der Waals surface area contributed by atoms with E-state index in [9.17, 15) is 18.9 Å². The van der Waals surface area contributed by atoms with Crippen molar-refractivity contribution in [1.82, 2.24) is 0 Å². The van der Waals surface area contributed by atoms with Crippen LogP contribution in [0, 0.1) is 11.8 Å². The average Bonchev–Trinajstić information content (AvgIpc) is 2.80. The minimum absolute atomic E-state index is 0. The summed E-state index contributed by atoms with van der Waals surface area (Å²) in [7, 11) is -8.14. The smallest absolute Gasteiger partial charge is 0.756 e. The first-order valence-electron chi connectivity index (χ1n) is 13.3. The van der Waals surface area contributed by atoms with E-state index < -0.39 is 15.6 Å².